The number of amides is 2. The van der Waals surface area contributed by atoms with Crippen LogP contribution in [0.2, 0.25) is 0 Å². The van der Waals surface area contributed by atoms with E-state index in [0.717, 1.165) is 0 Å². The first-order valence-corrected chi connectivity index (χ1v) is 6.62. The minimum atomic E-state index is -3.03. The second kappa shape index (κ2) is 4.69. The van der Waals surface area contributed by atoms with Gasteiger partial charge in [0.25, 0.3) is 0 Å². The summed E-state index contributed by atoms with van der Waals surface area (Å²) in [5.41, 5.74) is 0. The molecule has 1 rings (SSSR count). The molecular formula is C8H14N2O5S. The summed E-state index contributed by atoms with van der Waals surface area (Å²) in [5, 5.41) is 10.9. The first-order valence-electron chi connectivity index (χ1n) is 4.80. The van der Waals surface area contributed by atoms with Gasteiger partial charge in [0.05, 0.1) is 11.5 Å². The molecule has 0 spiro atoms. The molecule has 8 heteroatoms. The Kier molecular flexibility index (Phi) is 3.74. The molecule has 0 saturated carbocycles. The Morgan fingerprint density at radius 1 is 1.31 bits per heavy atom. The second-order valence-corrected chi connectivity index (χ2v) is 5.95. The van der Waals surface area contributed by atoms with Crippen LogP contribution in [0, 0.1) is 0 Å². The zero-order chi connectivity index (χ0) is 12.3. The van der Waals surface area contributed by atoms with Gasteiger partial charge in [-0.2, -0.15) is 0 Å². The highest BCUT2D eigenvalue weighted by Crippen LogP contribution is 2.03. The predicted octanol–water partition coefficient (Wildman–Crippen LogP) is -1.10. The van der Waals surface area contributed by atoms with E-state index in [4.69, 9.17) is 5.11 Å². The minimum absolute atomic E-state index is 0.0676. The number of rotatable bonds is 2. The number of urea groups is 1. The lowest BCUT2D eigenvalue weighted by atomic mass is 10.3. The molecule has 0 radical (unpaired) electrons. The molecule has 1 fully saturated rings. The SMILES string of the molecule is C[C@H](NC(=O)N1CCS(=O)(=O)CC1)C(=O)O. The smallest absolute Gasteiger partial charge is 0.325 e. The molecule has 0 aromatic rings. The van der Waals surface area contributed by atoms with Crippen molar-refractivity contribution in [2.24, 2.45) is 0 Å². The van der Waals surface area contributed by atoms with Gasteiger partial charge in [0.15, 0.2) is 9.84 Å². The first kappa shape index (κ1) is 12.8. The highest BCUT2D eigenvalue weighted by molar-refractivity contribution is 7.91. The number of carboxylic acid groups (broad SMARTS) is 1. The number of hydrogen-bond donors (Lipinski definition) is 2. The van der Waals surface area contributed by atoms with Gasteiger partial charge in [-0.25, -0.2) is 13.2 Å². The van der Waals surface area contributed by atoms with Crippen molar-refractivity contribution < 1.29 is 23.1 Å². The van der Waals surface area contributed by atoms with Crippen molar-refractivity contribution in [3.63, 3.8) is 0 Å². The van der Waals surface area contributed by atoms with Crippen molar-refractivity contribution in [1.82, 2.24) is 10.2 Å². The van der Waals surface area contributed by atoms with E-state index < -0.39 is 27.9 Å². The van der Waals surface area contributed by atoms with Gasteiger partial charge in [0.1, 0.15) is 6.04 Å². The van der Waals surface area contributed by atoms with Gasteiger partial charge < -0.3 is 15.3 Å². The van der Waals surface area contributed by atoms with Gasteiger partial charge in [-0.05, 0) is 6.92 Å². The summed E-state index contributed by atoms with van der Waals surface area (Å²) in [6, 6.07) is -1.52. The number of hydrogen-bond acceptors (Lipinski definition) is 4. The Morgan fingerprint density at radius 3 is 2.25 bits per heavy atom. The lowest BCUT2D eigenvalue weighted by Gasteiger charge is -2.27. The Labute approximate surface area is 93.3 Å². The van der Waals surface area contributed by atoms with E-state index in [9.17, 15) is 18.0 Å². The Morgan fingerprint density at radius 2 is 1.81 bits per heavy atom. The normalized spacial score (nSPS) is 21.2. The van der Waals surface area contributed by atoms with Crippen LogP contribution in [0.15, 0.2) is 0 Å². The van der Waals surface area contributed by atoms with Crippen LogP contribution < -0.4 is 5.32 Å². The molecule has 1 atom stereocenters. The summed E-state index contributed by atoms with van der Waals surface area (Å²) in [6.07, 6.45) is 0. The van der Waals surface area contributed by atoms with Gasteiger partial charge in [0.2, 0.25) is 0 Å². The number of aliphatic carboxylic acids is 1. The van der Waals surface area contributed by atoms with Gasteiger partial charge in [-0.1, -0.05) is 0 Å². The van der Waals surface area contributed by atoms with E-state index in [1.54, 1.807) is 0 Å². The van der Waals surface area contributed by atoms with E-state index in [0.29, 0.717) is 0 Å². The molecule has 92 valence electrons. The van der Waals surface area contributed by atoms with E-state index in [2.05, 4.69) is 5.32 Å². The van der Waals surface area contributed by atoms with Crippen LogP contribution in [0.5, 0.6) is 0 Å². The van der Waals surface area contributed by atoms with Crippen molar-refractivity contribution in [2.45, 2.75) is 13.0 Å². The van der Waals surface area contributed by atoms with Gasteiger partial charge in [-0.3, -0.25) is 4.79 Å². The van der Waals surface area contributed by atoms with Gasteiger partial charge in [0, 0.05) is 13.1 Å². The molecule has 0 aliphatic carbocycles. The summed E-state index contributed by atoms with van der Waals surface area (Å²) in [4.78, 5) is 23.3. The largest absolute Gasteiger partial charge is 0.480 e. The van der Waals surface area contributed by atoms with Crippen LogP contribution in [0.25, 0.3) is 0 Å². The van der Waals surface area contributed by atoms with Crippen molar-refractivity contribution in [3.05, 3.63) is 0 Å². The van der Waals surface area contributed by atoms with E-state index >= 15 is 0 Å². The highest BCUT2D eigenvalue weighted by Gasteiger charge is 2.26. The second-order valence-electron chi connectivity index (χ2n) is 3.65. The maximum Gasteiger partial charge on any atom is 0.325 e. The maximum atomic E-state index is 11.5. The fourth-order valence-corrected chi connectivity index (χ4v) is 2.45. The van der Waals surface area contributed by atoms with Gasteiger partial charge >= 0.3 is 12.0 Å². The maximum absolute atomic E-state index is 11.5. The number of sulfone groups is 1. The third-order valence-electron chi connectivity index (χ3n) is 2.34. The Hall–Kier alpha value is -1.31. The topological polar surface area (TPSA) is 104 Å². The number of nitrogens with one attached hydrogen (secondary N) is 1. The zero-order valence-electron chi connectivity index (χ0n) is 8.84. The first-order chi connectivity index (χ1) is 7.32. The Bertz CT molecular complexity index is 377. The Balaban J connectivity index is 2.48. The third-order valence-corrected chi connectivity index (χ3v) is 3.95. The molecular weight excluding hydrogens is 236 g/mol. The predicted molar refractivity (Wildman–Crippen MR) is 55.9 cm³/mol. The molecule has 1 aliphatic rings. The highest BCUT2D eigenvalue weighted by atomic mass is 32.2. The molecule has 0 unspecified atom stereocenters. The number of carboxylic acids is 1. The summed E-state index contributed by atoms with van der Waals surface area (Å²) in [6.45, 7) is 1.57. The number of carbonyl (C=O) groups is 2. The standard InChI is InChI=1S/C8H14N2O5S/c1-6(7(11)12)9-8(13)10-2-4-16(14,15)5-3-10/h6H,2-5H2,1H3,(H,9,13)(H,11,12)/t6-/m0/s1. The van der Waals surface area contributed by atoms with Crippen molar-refractivity contribution in [1.29, 1.82) is 0 Å². The molecule has 0 bridgehead atoms. The fourth-order valence-electron chi connectivity index (χ4n) is 1.25. The van der Waals surface area contributed by atoms with Crippen LogP contribution in [-0.2, 0) is 14.6 Å². The number of nitrogens with zero attached hydrogens (tertiary/aromatic N) is 1. The molecule has 2 N–H and O–H groups in total. The monoisotopic (exact) mass is 250 g/mol. The number of carbonyl (C=O) groups excluding carboxylic acids is 1. The summed E-state index contributed by atoms with van der Waals surface area (Å²) >= 11 is 0. The summed E-state index contributed by atoms with van der Waals surface area (Å²) in [5.74, 6) is -1.26. The summed E-state index contributed by atoms with van der Waals surface area (Å²) in [7, 11) is -3.03. The van der Waals surface area contributed by atoms with Gasteiger partial charge in [-0.15, -0.1) is 0 Å². The molecule has 1 aliphatic heterocycles. The molecule has 0 aromatic heterocycles. The lowest BCUT2D eigenvalue weighted by Crippen LogP contribution is -2.51. The van der Waals surface area contributed by atoms with Crippen LogP contribution in [0.4, 0.5) is 4.79 Å². The average molecular weight is 250 g/mol. The van der Waals surface area contributed by atoms with Crippen LogP contribution >= 0.6 is 0 Å². The zero-order valence-corrected chi connectivity index (χ0v) is 9.66. The minimum Gasteiger partial charge on any atom is -0.480 e. The fraction of sp³-hybridized carbons (Fsp3) is 0.750. The molecule has 1 saturated heterocycles. The molecule has 7 nitrogen and oxygen atoms in total. The molecule has 1 heterocycles. The van der Waals surface area contributed by atoms with Crippen molar-refractivity contribution in [3.8, 4) is 0 Å². The van der Waals surface area contributed by atoms with E-state index in [1.165, 1.54) is 11.8 Å². The molecule has 2 amide bonds. The van der Waals surface area contributed by atoms with E-state index in [1.807, 2.05) is 0 Å². The van der Waals surface area contributed by atoms with Crippen LogP contribution in [0.3, 0.4) is 0 Å². The van der Waals surface area contributed by atoms with Crippen LogP contribution in [0.1, 0.15) is 6.92 Å². The summed E-state index contributed by atoms with van der Waals surface area (Å²) < 4.78 is 22.2. The lowest BCUT2D eigenvalue weighted by molar-refractivity contribution is -0.138. The molecule has 0 aromatic carbocycles. The third kappa shape index (κ3) is 3.37. The molecule has 16 heavy (non-hydrogen) atoms. The van der Waals surface area contributed by atoms with E-state index in [-0.39, 0.29) is 24.6 Å². The van der Waals surface area contributed by atoms with Crippen LogP contribution in [-0.4, -0.2) is 61.1 Å². The average Bonchev–Trinajstić information content (AvgIpc) is 2.17. The quantitative estimate of drug-likeness (QED) is 0.647. The van der Waals surface area contributed by atoms with Crippen molar-refractivity contribution in [2.75, 3.05) is 24.6 Å². The van der Waals surface area contributed by atoms with Crippen molar-refractivity contribution >= 4 is 21.8 Å².